The SMILES string of the molecule is NCC(CC=O)C1CCCCC1. The third-order valence-corrected chi connectivity index (χ3v) is 3.02. The van der Waals surface area contributed by atoms with E-state index in [-0.39, 0.29) is 0 Å². The topological polar surface area (TPSA) is 43.1 Å². The normalized spacial score (nSPS) is 22.1. The molecule has 1 rings (SSSR count). The van der Waals surface area contributed by atoms with E-state index in [1.807, 2.05) is 0 Å². The standard InChI is InChI=1S/C10H19NO/c11-8-10(6-7-12)9-4-2-1-3-5-9/h7,9-10H,1-6,8,11H2. The Morgan fingerprint density at radius 1 is 1.33 bits per heavy atom. The largest absolute Gasteiger partial charge is 0.330 e. The molecule has 0 heterocycles. The van der Waals surface area contributed by atoms with E-state index >= 15 is 0 Å². The molecule has 0 spiro atoms. The van der Waals surface area contributed by atoms with Gasteiger partial charge in [-0.25, -0.2) is 0 Å². The average Bonchev–Trinajstić information content (AvgIpc) is 2.15. The average molecular weight is 169 g/mol. The van der Waals surface area contributed by atoms with Crippen LogP contribution in [0.3, 0.4) is 0 Å². The van der Waals surface area contributed by atoms with Crippen molar-refractivity contribution >= 4 is 6.29 Å². The maximum Gasteiger partial charge on any atom is 0.120 e. The summed E-state index contributed by atoms with van der Waals surface area (Å²) in [5.74, 6) is 1.19. The van der Waals surface area contributed by atoms with Crippen molar-refractivity contribution in [1.82, 2.24) is 0 Å². The van der Waals surface area contributed by atoms with Crippen LogP contribution in [-0.4, -0.2) is 12.8 Å². The highest BCUT2D eigenvalue weighted by molar-refractivity contribution is 5.49. The minimum absolute atomic E-state index is 0.461. The summed E-state index contributed by atoms with van der Waals surface area (Å²) in [5, 5.41) is 0. The van der Waals surface area contributed by atoms with Crippen molar-refractivity contribution in [3.05, 3.63) is 0 Å². The van der Waals surface area contributed by atoms with Gasteiger partial charge in [-0.2, -0.15) is 0 Å². The number of carbonyl (C=O) groups is 1. The van der Waals surface area contributed by atoms with E-state index in [0.717, 1.165) is 12.2 Å². The fraction of sp³-hybridized carbons (Fsp3) is 0.900. The van der Waals surface area contributed by atoms with Gasteiger partial charge in [-0.15, -0.1) is 0 Å². The van der Waals surface area contributed by atoms with Crippen molar-refractivity contribution in [2.24, 2.45) is 17.6 Å². The van der Waals surface area contributed by atoms with Gasteiger partial charge in [-0.3, -0.25) is 0 Å². The molecule has 1 saturated carbocycles. The van der Waals surface area contributed by atoms with Gasteiger partial charge in [-0.1, -0.05) is 32.1 Å². The highest BCUT2D eigenvalue weighted by Crippen LogP contribution is 2.30. The monoisotopic (exact) mass is 169 g/mol. The molecule has 0 aromatic heterocycles. The number of rotatable bonds is 4. The third-order valence-electron chi connectivity index (χ3n) is 3.02. The van der Waals surface area contributed by atoms with Crippen molar-refractivity contribution in [3.8, 4) is 0 Å². The van der Waals surface area contributed by atoms with Crippen LogP contribution in [0.5, 0.6) is 0 Å². The quantitative estimate of drug-likeness (QED) is 0.651. The van der Waals surface area contributed by atoms with Crippen LogP contribution in [0.25, 0.3) is 0 Å². The van der Waals surface area contributed by atoms with Crippen molar-refractivity contribution in [2.75, 3.05) is 6.54 Å². The summed E-state index contributed by atoms with van der Waals surface area (Å²) in [7, 11) is 0. The molecule has 0 radical (unpaired) electrons. The summed E-state index contributed by atoms with van der Waals surface area (Å²) in [6, 6.07) is 0. The molecule has 0 aliphatic heterocycles. The number of aldehydes is 1. The van der Waals surface area contributed by atoms with Crippen LogP contribution in [0, 0.1) is 11.8 Å². The predicted octanol–water partition coefficient (Wildman–Crippen LogP) is 1.73. The first-order chi connectivity index (χ1) is 5.88. The highest BCUT2D eigenvalue weighted by Gasteiger charge is 2.21. The Bertz CT molecular complexity index is 130. The fourth-order valence-corrected chi connectivity index (χ4v) is 2.21. The molecular formula is C10H19NO. The molecule has 0 aromatic carbocycles. The first-order valence-corrected chi connectivity index (χ1v) is 5.02. The lowest BCUT2D eigenvalue weighted by molar-refractivity contribution is -0.109. The van der Waals surface area contributed by atoms with Gasteiger partial charge < -0.3 is 10.5 Å². The summed E-state index contributed by atoms with van der Waals surface area (Å²) in [5.41, 5.74) is 5.63. The number of hydrogen-bond donors (Lipinski definition) is 1. The van der Waals surface area contributed by atoms with Gasteiger partial charge in [0.1, 0.15) is 6.29 Å². The van der Waals surface area contributed by atoms with Crippen LogP contribution < -0.4 is 5.73 Å². The zero-order valence-electron chi connectivity index (χ0n) is 7.67. The second-order valence-corrected chi connectivity index (χ2v) is 3.80. The first kappa shape index (κ1) is 9.72. The van der Waals surface area contributed by atoms with Gasteiger partial charge in [0.25, 0.3) is 0 Å². The molecule has 1 fully saturated rings. The van der Waals surface area contributed by atoms with E-state index < -0.39 is 0 Å². The van der Waals surface area contributed by atoms with Crippen molar-refractivity contribution in [3.63, 3.8) is 0 Å². The van der Waals surface area contributed by atoms with Crippen LogP contribution in [0.2, 0.25) is 0 Å². The number of hydrogen-bond acceptors (Lipinski definition) is 2. The predicted molar refractivity (Wildman–Crippen MR) is 49.8 cm³/mol. The van der Waals surface area contributed by atoms with Gasteiger partial charge in [0, 0.05) is 6.42 Å². The van der Waals surface area contributed by atoms with Crippen LogP contribution in [0.1, 0.15) is 38.5 Å². The maximum atomic E-state index is 10.4. The molecule has 2 nitrogen and oxygen atoms in total. The minimum atomic E-state index is 0.461. The fourth-order valence-electron chi connectivity index (χ4n) is 2.21. The Labute approximate surface area is 74.5 Å². The molecule has 2 heteroatoms. The van der Waals surface area contributed by atoms with Gasteiger partial charge in [0.15, 0.2) is 0 Å². The van der Waals surface area contributed by atoms with Crippen LogP contribution in [0.4, 0.5) is 0 Å². The molecule has 0 bridgehead atoms. The van der Waals surface area contributed by atoms with E-state index in [4.69, 9.17) is 5.73 Å². The van der Waals surface area contributed by atoms with E-state index in [9.17, 15) is 4.79 Å². The molecule has 0 saturated heterocycles. The molecule has 1 aliphatic rings. The zero-order chi connectivity index (χ0) is 8.81. The van der Waals surface area contributed by atoms with Gasteiger partial charge in [0.2, 0.25) is 0 Å². The summed E-state index contributed by atoms with van der Waals surface area (Å²) in [4.78, 5) is 10.4. The smallest absolute Gasteiger partial charge is 0.120 e. The molecule has 12 heavy (non-hydrogen) atoms. The highest BCUT2D eigenvalue weighted by atomic mass is 16.1. The third kappa shape index (κ3) is 2.59. The van der Waals surface area contributed by atoms with Crippen molar-refractivity contribution in [1.29, 1.82) is 0 Å². The van der Waals surface area contributed by atoms with E-state index in [1.165, 1.54) is 32.1 Å². The Balaban J connectivity index is 2.34. The lowest BCUT2D eigenvalue weighted by atomic mass is 9.79. The Morgan fingerprint density at radius 2 is 2.00 bits per heavy atom. The van der Waals surface area contributed by atoms with Crippen LogP contribution in [-0.2, 0) is 4.79 Å². The van der Waals surface area contributed by atoms with Gasteiger partial charge in [-0.05, 0) is 18.4 Å². The number of nitrogens with two attached hydrogens (primary N) is 1. The van der Waals surface area contributed by atoms with Gasteiger partial charge in [0.05, 0.1) is 0 Å². The summed E-state index contributed by atoms with van der Waals surface area (Å²) < 4.78 is 0. The molecular weight excluding hydrogens is 150 g/mol. The second kappa shape index (κ2) is 5.31. The Hall–Kier alpha value is -0.370. The van der Waals surface area contributed by atoms with Crippen molar-refractivity contribution < 1.29 is 4.79 Å². The summed E-state index contributed by atoms with van der Waals surface area (Å²) in [6.07, 6.45) is 8.30. The number of carbonyl (C=O) groups excluding carboxylic acids is 1. The van der Waals surface area contributed by atoms with Crippen LogP contribution in [0.15, 0.2) is 0 Å². The minimum Gasteiger partial charge on any atom is -0.330 e. The lowest BCUT2D eigenvalue weighted by Crippen LogP contribution is -2.25. The van der Waals surface area contributed by atoms with Crippen LogP contribution >= 0.6 is 0 Å². The molecule has 2 N–H and O–H groups in total. The molecule has 70 valence electrons. The summed E-state index contributed by atoms with van der Waals surface area (Å²) in [6.45, 7) is 0.684. The molecule has 0 amide bonds. The molecule has 0 aromatic rings. The maximum absolute atomic E-state index is 10.4. The molecule has 1 aliphatic carbocycles. The summed E-state index contributed by atoms with van der Waals surface area (Å²) >= 11 is 0. The van der Waals surface area contributed by atoms with Crippen molar-refractivity contribution in [2.45, 2.75) is 38.5 Å². The zero-order valence-corrected chi connectivity index (χ0v) is 7.67. The van der Waals surface area contributed by atoms with E-state index in [0.29, 0.717) is 18.9 Å². The lowest BCUT2D eigenvalue weighted by Gasteiger charge is -2.27. The van der Waals surface area contributed by atoms with E-state index in [2.05, 4.69) is 0 Å². The molecule has 1 atom stereocenters. The molecule has 1 unspecified atom stereocenters. The first-order valence-electron chi connectivity index (χ1n) is 5.02. The Kier molecular flexibility index (Phi) is 4.30. The second-order valence-electron chi connectivity index (χ2n) is 3.80. The van der Waals surface area contributed by atoms with E-state index in [1.54, 1.807) is 0 Å². The Morgan fingerprint density at radius 3 is 2.50 bits per heavy atom. The van der Waals surface area contributed by atoms with Gasteiger partial charge >= 0.3 is 0 Å².